The summed E-state index contributed by atoms with van der Waals surface area (Å²) in [5.41, 5.74) is 12.6. The van der Waals surface area contributed by atoms with Crippen LogP contribution < -0.4 is 21.9 Å². The van der Waals surface area contributed by atoms with Crippen molar-refractivity contribution in [1.82, 2.24) is 21.1 Å². The fourth-order valence-corrected chi connectivity index (χ4v) is 3.60. The number of phenolic OH excluding ortho intramolecular Hbond substituents is 1. The van der Waals surface area contributed by atoms with E-state index in [1.54, 1.807) is 12.1 Å². The highest BCUT2D eigenvalue weighted by atomic mass is 16.3. The summed E-state index contributed by atoms with van der Waals surface area (Å²) in [5, 5.41) is 12.3. The molecular formula is C18H27N5O3. The molecule has 0 spiro atoms. The molecule has 0 radical (unpaired) electrons. The van der Waals surface area contributed by atoms with E-state index in [-0.39, 0.29) is 35.6 Å². The van der Waals surface area contributed by atoms with Gasteiger partial charge in [-0.3, -0.25) is 9.59 Å². The molecule has 3 unspecified atom stereocenters. The maximum atomic E-state index is 12.3. The number of rotatable bonds is 6. The number of primary amides is 1. The number of carbonyl (C=O) groups is 2. The van der Waals surface area contributed by atoms with Gasteiger partial charge in [-0.05, 0) is 43.5 Å². The van der Waals surface area contributed by atoms with Gasteiger partial charge in [0.25, 0.3) is 0 Å². The largest absolute Gasteiger partial charge is 0.508 e. The van der Waals surface area contributed by atoms with Crippen molar-refractivity contribution in [1.29, 1.82) is 0 Å². The van der Waals surface area contributed by atoms with Crippen LogP contribution in [0.2, 0.25) is 0 Å². The van der Waals surface area contributed by atoms with Gasteiger partial charge in [0.15, 0.2) is 0 Å². The second-order valence-corrected chi connectivity index (χ2v) is 7.05. The number of hydrazine groups is 1. The number of amides is 2. The second-order valence-electron chi connectivity index (χ2n) is 7.05. The molecule has 8 heteroatoms. The molecule has 2 amide bonds. The highest BCUT2D eigenvalue weighted by Crippen LogP contribution is 2.23. The monoisotopic (exact) mass is 361 g/mol. The molecule has 2 heterocycles. The number of nitrogens with two attached hydrogens (primary N) is 1. The predicted molar refractivity (Wildman–Crippen MR) is 96.9 cm³/mol. The van der Waals surface area contributed by atoms with E-state index < -0.39 is 0 Å². The van der Waals surface area contributed by atoms with Gasteiger partial charge < -0.3 is 21.1 Å². The number of benzene rings is 1. The van der Waals surface area contributed by atoms with Crippen molar-refractivity contribution >= 4 is 11.8 Å². The molecule has 3 atom stereocenters. The van der Waals surface area contributed by atoms with Crippen molar-refractivity contribution in [2.45, 2.75) is 31.3 Å². The van der Waals surface area contributed by atoms with Gasteiger partial charge in [0.2, 0.25) is 11.8 Å². The first-order valence-corrected chi connectivity index (χ1v) is 9.12. The number of aromatic hydroxyl groups is 1. The summed E-state index contributed by atoms with van der Waals surface area (Å²) < 4.78 is 0. The van der Waals surface area contributed by atoms with Gasteiger partial charge in [-0.25, -0.2) is 10.9 Å². The summed E-state index contributed by atoms with van der Waals surface area (Å²) in [5.74, 6) is -0.126. The minimum absolute atomic E-state index is 0.0322. The summed E-state index contributed by atoms with van der Waals surface area (Å²) in [6, 6.07) is 6.71. The number of hydrogen-bond acceptors (Lipinski definition) is 6. The summed E-state index contributed by atoms with van der Waals surface area (Å²) in [4.78, 5) is 25.8. The first-order valence-electron chi connectivity index (χ1n) is 9.12. The maximum Gasteiger partial charge on any atom is 0.238 e. The highest BCUT2D eigenvalue weighted by molar-refractivity contribution is 5.82. The molecule has 2 aliphatic heterocycles. The summed E-state index contributed by atoms with van der Waals surface area (Å²) in [6.07, 6.45) is 2.46. The van der Waals surface area contributed by atoms with Crippen LogP contribution in [0.25, 0.3) is 0 Å². The van der Waals surface area contributed by atoms with Gasteiger partial charge in [-0.15, -0.1) is 0 Å². The van der Waals surface area contributed by atoms with Gasteiger partial charge in [0.1, 0.15) is 11.8 Å². The van der Waals surface area contributed by atoms with Gasteiger partial charge in [-0.2, -0.15) is 0 Å². The standard InChI is InChI=1S/C18H27N5O3/c19-17(25)13-2-1-8-23(11-13)9-7-20-18(26)16-10-15(21-22-16)12-3-5-14(24)6-4-12/h3-6,13,15-16,21-22,24H,1-2,7-11H2,(H2,19,25)(H,20,26). The Morgan fingerprint density at radius 2 is 2.04 bits per heavy atom. The molecular weight excluding hydrogens is 334 g/mol. The summed E-state index contributed by atoms with van der Waals surface area (Å²) in [7, 11) is 0. The predicted octanol–water partition coefficient (Wildman–Crippen LogP) is -0.387. The molecule has 0 aromatic heterocycles. The quantitative estimate of drug-likeness (QED) is 0.471. The van der Waals surface area contributed by atoms with E-state index in [2.05, 4.69) is 21.1 Å². The molecule has 26 heavy (non-hydrogen) atoms. The molecule has 142 valence electrons. The second kappa shape index (κ2) is 8.48. The van der Waals surface area contributed by atoms with E-state index in [9.17, 15) is 14.7 Å². The van der Waals surface area contributed by atoms with Gasteiger partial charge in [-0.1, -0.05) is 12.1 Å². The van der Waals surface area contributed by atoms with Crippen LogP contribution in [0, 0.1) is 5.92 Å². The first-order chi connectivity index (χ1) is 12.5. The highest BCUT2D eigenvalue weighted by Gasteiger charge is 2.30. The lowest BCUT2D eigenvalue weighted by Gasteiger charge is -2.31. The Balaban J connectivity index is 1.40. The maximum absolute atomic E-state index is 12.3. The Kier molecular flexibility index (Phi) is 6.08. The number of likely N-dealkylation sites (tertiary alicyclic amines) is 1. The van der Waals surface area contributed by atoms with Crippen LogP contribution in [0.15, 0.2) is 24.3 Å². The fourth-order valence-electron chi connectivity index (χ4n) is 3.60. The average Bonchev–Trinajstić information content (AvgIpc) is 3.13. The Morgan fingerprint density at radius 3 is 2.77 bits per heavy atom. The third kappa shape index (κ3) is 4.72. The van der Waals surface area contributed by atoms with E-state index >= 15 is 0 Å². The zero-order valence-corrected chi connectivity index (χ0v) is 14.8. The van der Waals surface area contributed by atoms with Crippen molar-refractivity contribution in [3.63, 3.8) is 0 Å². The molecule has 8 nitrogen and oxygen atoms in total. The zero-order chi connectivity index (χ0) is 18.5. The van der Waals surface area contributed by atoms with Crippen LogP contribution >= 0.6 is 0 Å². The Bertz CT molecular complexity index is 636. The lowest BCUT2D eigenvalue weighted by atomic mass is 9.97. The topological polar surface area (TPSA) is 120 Å². The van der Waals surface area contributed by atoms with Crippen LogP contribution in [0.3, 0.4) is 0 Å². The number of nitrogens with one attached hydrogen (secondary N) is 3. The Morgan fingerprint density at radius 1 is 1.27 bits per heavy atom. The normalized spacial score (nSPS) is 26.5. The van der Waals surface area contributed by atoms with E-state index in [1.165, 1.54) is 0 Å². The number of nitrogens with zero attached hydrogens (tertiary/aromatic N) is 1. The summed E-state index contributed by atoms with van der Waals surface area (Å²) in [6.45, 7) is 2.88. The van der Waals surface area contributed by atoms with Crippen molar-refractivity contribution in [3.8, 4) is 5.75 Å². The van der Waals surface area contributed by atoms with Crippen LogP contribution in [0.5, 0.6) is 5.75 Å². The van der Waals surface area contributed by atoms with E-state index in [0.717, 1.165) is 31.5 Å². The minimum atomic E-state index is -0.298. The molecule has 2 aliphatic rings. The van der Waals surface area contributed by atoms with Crippen LogP contribution in [0.4, 0.5) is 0 Å². The Labute approximate surface area is 153 Å². The zero-order valence-electron chi connectivity index (χ0n) is 14.8. The molecule has 1 aromatic rings. The van der Waals surface area contributed by atoms with Gasteiger partial charge in [0.05, 0.1) is 5.92 Å². The van der Waals surface area contributed by atoms with Crippen LogP contribution in [-0.2, 0) is 9.59 Å². The number of hydrogen-bond donors (Lipinski definition) is 5. The van der Waals surface area contributed by atoms with Gasteiger partial charge >= 0.3 is 0 Å². The Hall–Kier alpha value is -2.16. The molecule has 2 fully saturated rings. The fraction of sp³-hybridized carbons (Fsp3) is 0.556. The number of phenols is 1. The molecule has 6 N–H and O–H groups in total. The lowest BCUT2D eigenvalue weighted by molar-refractivity contribution is -0.124. The van der Waals surface area contributed by atoms with E-state index in [0.29, 0.717) is 19.5 Å². The third-order valence-corrected chi connectivity index (χ3v) is 5.15. The van der Waals surface area contributed by atoms with Crippen molar-refractivity contribution < 1.29 is 14.7 Å². The molecule has 0 saturated carbocycles. The molecule has 2 saturated heterocycles. The molecule has 1 aromatic carbocycles. The van der Waals surface area contributed by atoms with Crippen LogP contribution in [0.1, 0.15) is 30.9 Å². The lowest BCUT2D eigenvalue weighted by Crippen LogP contribution is -2.47. The molecule has 3 rings (SSSR count). The van der Waals surface area contributed by atoms with Gasteiger partial charge in [0, 0.05) is 25.7 Å². The average molecular weight is 361 g/mol. The van der Waals surface area contributed by atoms with E-state index in [1.807, 2.05) is 12.1 Å². The molecule has 0 aliphatic carbocycles. The third-order valence-electron chi connectivity index (χ3n) is 5.15. The number of carbonyl (C=O) groups excluding carboxylic acids is 2. The van der Waals surface area contributed by atoms with Crippen LogP contribution in [-0.4, -0.2) is 54.0 Å². The van der Waals surface area contributed by atoms with Crippen molar-refractivity contribution in [2.24, 2.45) is 11.7 Å². The summed E-state index contributed by atoms with van der Waals surface area (Å²) >= 11 is 0. The number of piperidine rings is 1. The van der Waals surface area contributed by atoms with Crippen molar-refractivity contribution in [2.75, 3.05) is 26.2 Å². The smallest absolute Gasteiger partial charge is 0.238 e. The van der Waals surface area contributed by atoms with E-state index in [4.69, 9.17) is 5.73 Å². The van der Waals surface area contributed by atoms with Crippen molar-refractivity contribution in [3.05, 3.63) is 29.8 Å². The minimum Gasteiger partial charge on any atom is -0.508 e. The SMILES string of the molecule is NC(=O)C1CCCN(CCNC(=O)C2CC(c3ccc(O)cc3)NN2)C1. The molecule has 0 bridgehead atoms. The first kappa shape index (κ1) is 18.6.